The zero-order valence-electron chi connectivity index (χ0n) is 15.2. The Morgan fingerprint density at radius 1 is 1.32 bits per heavy atom. The van der Waals surface area contributed by atoms with E-state index in [1.165, 1.54) is 0 Å². The molecule has 0 aromatic carbocycles. The second kappa shape index (κ2) is 7.77. The molecule has 1 aliphatic rings. The molecule has 0 unspecified atom stereocenters. The maximum Gasteiger partial charge on any atom is 0.231 e. The molecule has 2 N–H and O–H groups in total. The summed E-state index contributed by atoms with van der Waals surface area (Å²) in [6.07, 6.45) is 3.62. The van der Waals surface area contributed by atoms with E-state index in [4.69, 9.17) is 15.0 Å². The quantitative estimate of drug-likeness (QED) is 0.845. The molecule has 2 aromatic heterocycles. The van der Waals surface area contributed by atoms with E-state index in [0.29, 0.717) is 30.7 Å². The lowest BCUT2D eigenvalue weighted by Crippen LogP contribution is -2.36. The van der Waals surface area contributed by atoms with Crippen molar-refractivity contribution in [2.45, 2.75) is 45.4 Å². The van der Waals surface area contributed by atoms with Gasteiger partial charge in [-0.2, -0.15) is 9.97 Å². The third-order valence-corrected chi connectivity index (χ3v) is 4.65. The summed E-state index contributed by atoms with van der Waals surface area (Å²) in [6, 6.07) is 0. The first-order chi connectivity index (χ1) is 12.1. The number of aromatic nitrogens is 4. The molecular formula is C17H26N6O2. The molecule has 0 spiro atoms. The summed E-state index contributed by atoms with van der Waals surface area (Å²) >= 11 is 0. The van der Waals surface area contributed by atoms with Crippen molar-refractivity contribution in [2.24, 2.45) is 0 Å². The van der Waals surface area contributed by atoms with E-state index < -0.39 is 0 Å². The highest BCUT2D eigenvalue weighted by Gasteiger charge is 2.28. The largest absolute Gasteiger partial charge is 0.384 e. The van der Waals surface area contributed by atoms with E-state index in [2.05, 4.69) is 31.9 Å². The average molecular weight is 346 g/mol. The lowest BCUT2D eigenvalue weighted by Gasteiger charge is -2.33. The van der Waals surface area contributed by atoms with Gasteiger partial charge in [0.05, 0.1) is 12.5 Å². The number of nitrogens with two attached hydrogens (primary N) is 1. The van der Waals surface area contributed by atoms with Crippen LogP contribution in [0.3, 0.4) is 0 Å². The molecule has 1 atom stereocenters. The number of hydrogen-bond acceptors (Lipinski definition) is 8. The molecule has 0 amide bonds. The summed E-state index contributed by atoms with van der Waals surface area (Å²) in [5, 5.41) is 4.06. The maximum absolute atomic E-state index is 5.88. The van der Waals surface area contributed by atoms with Gasteiger partial charge in [-0.1, -0.05) is 12.1 Å². The number of piperidine rings is 1. The molecule has 0 aliphatic carbocycles. The highest BCUT2D eigenvalue weighted by molar-refractivity contribution is 5.52. The maximum atomic E-state index is 5.88. The Morgan fingerprint density at radius 2 is 2.16 bits per heavy atom. The first-order valence-electron chi connectivity index (χ1n) is 8.81. The SMILES string of the molecule is CCc1c(C)nc(N)nc1N1CCC[C@H](c2nc(CCOC)no2)C1. The number of hydrogen-bond donors (Lipinski definition) is 1. The second-order valence-corrected chi connectivity index (χ2v) is 6.40. The van der Waals surface area contributed by atoms with Crippen LogP contribution >= 0.6 is 0 Å². The normalized spacial score (nSPS) is 17.9. The zero-order valence-corrected chi connectivity index (χ0v) is 15.2. The van der Waals surface area contributed by atoms with Crippen molar-refractivity contribution in [3.8, 4) is 0 Å². The molecule has 0 radical (unpaired) electrons. The minimum Gasteiger partial charge on any atom is -0.384 e. The van der Waals surface area contributed by atoms with Gasteiger partial charge in [0.15, 0.2) is 5.82 Å². The molecule has 2 aromatic rings. The van der Waals surface area contributed by atoms with Crippen molar-refractivity contribution in [1.82, 2.24) is 20.1 Å². The van der Waals surface area contributed by atoms with E-state index >= 15 is 0 Å². The summed E-state index contributed by atoms with van der Waals surface area (Å²) in [7, 11) is 1.67. The molecule has 25 heavy (non-hydrogen) atoms. The number of anilines is 2. The fourth-order valence-electron chi connectivity index (χ4n) is 3.38. The molecule has 3 rings (SSSR count). The van der Waals surface area contributed by atoms with Gasteiger partial charge in [0.25, 0.3) is 0 Å². The number of methoxy groups -OCH3 is 1. The van der Waals surface area contributed by atoms with Gasteiger partial charge in [0.1, 0.15) is 5.82 Å². The highest BCUT2D eigenvalue weighted by Crippen LogP contribution is 2.31. The number of nitrogen functional groups attached to an aromatic ring is 1. The number of nitrogens with zero attached hydrogens (tertiary/aromatic N) is 5. The lowest BCUT2D eigenvalue weighted by atomic mass is 9.97. The summed E-state index contributed by atoms with van der Waals surface area (Å²) in [5.41, 5.74) is 7.99. The van der Waals surface area contributed by atoms with Crippen LogP contribution in [0.5, 0.6) is 0 Å². The Hall–Kier alpha value is -2.22. The third-order valence-electron chi connectivity index (χ3n) is 4.65. The summed E-state index contributed by atoms with van der Waals surface area (Å²) in [6.45, 7) is 6.45. The summed E-state index contributed by atoms with van der Waals surface area (Å²) in [4.78, 5) is 15.6. The van der Waals surface area contributed by atoms with Crippen molar-refractivity contribution in [1.29, 1.82) is 0 Å². The molecular weight excluding hydrogens is 320 g/mol. The molecule has 0 bridgehead atoms. The number of aryl methyl sites for hydroxylation is 1. The highest BCUT2D eigenvalue weighted by atomic mass is 16.5. The van der Waals surface area contributed by atoms with Gasteiger partial charge < -0.3 is 19.9 Å². The molecule has 8 heteroatoms. The fourth-order valence-corrected chi connectivity index (χ4v) is 3.38. The predicted molar refractivity (Wildman–Crippen MR) is 94.6 cm³/mol. The third kappa shape index (κ3) is 3.89. The van der Waals surface area contributed by atoms with Crippen molar-refractivity contribution in [3.05, 3.63) is 23.0 Å². The van der Waals surface area contributed by atoms with E-state index in [-0.39, 0.29) is 5.92 Å². The Morgan fingerprint density at radius 3 is 2.92 bits per heavy atom. The Labute approximate surface area is 147 Å². The molecule has 136 valence electrons. The van der Waals surface area contributed by atoms with Gasteiger partial charge in [-0.3, -0.25) is 0 Å². The van der Waals surface area contributed by atoms with Crippen LogP contribution in [0.2, 0.25) is 0 Å². The van der Waals surface area contributed by atoms with Crippen molar-refractivity contribution >= 4 is 11.8 Å². The lowest BCUT2D eigenvalue weighted by molar-refractivity contribution is 0.199. The molecule has 1 aliphatic heterocycles. The standard InChI is InChI=1S/C17H26N6O2/c1-4-13-11(2)19-17(18)21-15(13)23-8-5-6-12(10-23)16-20-14(22-25-16)7-9-24-3/h12H,4-10H2,1-3H3,(H2,18,19,21)/t12-/m0/s1. The Bertz CT molecular complexity index is 717. The zero-order chi connectivity index (χ0) is 17.8. The van der Waals surface area contributed by atoms with E-state index in [0.717, 1.165) is 49.4 Å². The van der Waals surface area contributed by atoms with Crippen molar-refractivity contribution in [2.75, 3.05) is 37.4 Å². The van der Waals surface area contributed by atoms with E-state index in [1.807, 2.05) is 6.92 Å². The second-order valence-electron chi connectivity index (χ2n) is 6.40. The molecule has 0 saturated carbocycles. The average Bonchev–Trinajstić information content (AvgIpc) is 3.08. The van der Waals surface area contributed by atoms with Gasteiger partial charge in [0, 0.05) is 37.9 Å². The summed E-state index contributed by atoms with van der Waals surface area (Å²) in [5.74, 6) is 2.87. The minimum absolute atomic E-state index is 0.207. The van der Waals surface area contributed by atoms with Crippen LogP contribution in [0, 0.1) is 6.92 Å². The van der Waals surface area contributed by atoms with Gasteiger partial charge >= 0.3 is 0 Å². The van der Waals surface area contributed by atoms with E-state index in [9.17, 15) is 0 Å². The number of rotatable bonds is 6. The van der Waals surface area contributed by atoms with Crippen molar-refractivity contribution < 1.29 is 9.26 Å². The van der Waals surface area contributed by atoms with Crippen LogP contribution in [0.15, 0.2) is 4.52 Å². The smallest absolute Gasteiger partial charge is 0.231 e. The van der Waals surface area contributed by atoms with Gasteiger partial charge in [-0.05, 0) is 26.2 Å². The van der Waals surface area contributed by atoms with Gasteiger partial charge in [-0.15, -0.1) is 0 Å². The van der Waals surface area contributed by atoms with Crippen LogP contribution in [0.25, 0.3) is 0 Å². The fraction of sp³-hybridized carbons (Fsp3) is 0.647. The first-order valence-corrected chi connectivity index (χ1v) is 8.81. The number of ether oxygens (including phenoxy) is 1. The minimum atomic E-state index is 0.207. The van der Waals surface area contributed by atoms with Crippen LogP contribution < -0.4 is 10.6 Å². The molecule has 1 fully saturated rings. The summed E-state index contributed by atoms with van der Waals surface area (Å²) < 4.78 is 10.6. The Kier molecular flexibility index (Phi) is 5.47. The molecule has 3 heterocycles. The van der Waals surface area contributed by atoms with Crippen LogP contribution in [-0.4, -0.2) is 46.9 Å². The van der Waals surface area contributed by atoms with Gasteiger partial charge in [-0.25, -0.2) is 4.98 Å². The van der Waals surface area contributed by atoms with E-state index in [1.54, 1.807) is 7.11 Å². The van der Waals surface area contributed by atoms with Crippen LogP contribution in [-0.2, 0) is 17.6 Å². The van der Waals surface area contributed by atoms with Crippen LogP contribution in [0.1, 0.15) is 48.7 Å². The monoisotopic (exact) mass is 346 g/mol. The van der Waals surface area contributed by atoms with Crippen molar-refractivity contribution in [3.63, 3.8) is 0 Å². The topological polar surface area (TPSA) is 103 Å². The molecule has 8 nitrogen and oxygen atoms in total. The first kappa shape index (κ1) is 17.6. The van der Waals surface area contributed by atoms with Crippen LogP contribution in [0.4, 0.5) is 11.8 Å². The predicted octanol–water partition coefficient (Wildman–Crippen LogP) is 1.89. The van der Waals surface area contributed by atoms with Gasteiger partial charge in [0.2, 0.25) is 11.8 Å². The Balaban J connectivity index is 1.78. The molecule has 1 saturated heterocycles.